The van der Waals surface area contributed by atoms with Crippen LogP contribution in [-0.2, 0) is 6.18 Å². The van der Waals surface area contributed by atoms with E-state index < -0.39 is 23.7 Å². The van der Waals surface area contributed by atoms with E-state index >= 15 is 0 Å². The minimum atomic E-state index is -4.41. The highest BCUT2D eigenvalue weighted by Crippen LogP contribution is 2.42. The van der Waals surface area contributed by atoms with Crippen LogP contribution < -0.4 is 16.2 Å². The molecule has 0 bridgehead atoms. The Morgan fingerprint density at radius 2 is 1.77 bits per heavy atom. The summed E-state index contributed by atoms with van der Waals surface area (Å²) in [6.45, 7) is 0. The second-order valence-corrected chi connectivity index (χ2v) is 7.01. The van der Waals surface area contributed by atoms with Crippen LogP contribution in [0.15, 0.2) is 60.8 Å². The van der Waals surface area contributed by atoms with Gasteiger partial charge in [0.15, 0.2) is 0 Å². The summed E-state index contributed by atoms with van der Waals surface area (Å²) < 4.78 is 38.5. The van der Waals surface area contributed by atoms with Gasteiger partial charge >= 0.3 is 12.2 Å². The van der Waals surface area contributed by atoms with Crippen LogP contribution in [0.1, 0.15) is 33.8 Å². The maximum absolute atomic E-state index is 12.8. The van der Waals surface area contributed by atoms with Gasteiger partial charge in [-0.3, -0.25) is 15.2 Å². The molecular formula is C21H17F3N4O2. The SMILES string of the molecule is O=C(NNC(=O)c1cccc2cccnc12)N[C@@H]1C[C@H]1c1cccc(C(F)(F)F)c1. The van der Waals surface area contributed by atoms with Crippen molar-refractivity contribution in [1.82, 2.24) is 21.2 Å². The Kier molecular flexibility index (Phi) is 5.03. The van der Waals surface area contributed by atoms with Gasteiger partial charge in [-0.15, -0.1) is 0 Å². The molecule has 0 saturated heterocycles. The number of hydrazine groups is 1. The van der Waals surface area contributed by atoms with E-state index in [1.54, 1.807) is 30.5 Å². The number of nitrogens with one attached hydrogen (secondary N) is 3. The topological polar surface area (TPSA) is 83.1 Å². The first-order valence-corrected chi connectivity index (χ1v) is 9.20. The molecule has 154 valence electrons. The van der Waals surface area contributed by atoms with Crippen LogP contribution in [0, 0.1) is 0 Å². The van der Waals surface area contributed by atoms with E-state index in [1.807, 2.05) is 12.1 Å². The number of para-hydroxylation sites is 1. The molecule has 9 heteroatoms. The van der Waals surface area contributed by atoms with Crippen molar-refractivity contribution < 1.29 is 22.8 Å². The van der Waals surface area contributed by atoms with Crippen LogP contribution in [0.25, 0.3) is 10.9 Å². The summed E-state index contributed by atoms with van der Waals surface area (Å²) in [5.74, 6) is -0.726. The number of carbonyl (C=O) groups is 2. The molecule has 2 aromatic carbocycles. The Bertz CT molecular complexity index is 1110. The Morgan fingerprint density at radius 1 is 1.00 bits per heavy atom. The first kappa shape index (κ1) is 19.7. The van der Waals surface area contributed by atoms with Gasteiger partial charge in [0.05, 0.1) is 16.6 Å². The van der Waals surface area contributed by atoms with Crippen LogP contribution in [0.3, 0.4) is 0 Å². The quantitative estimate of drug-likeness (QED) is 0.571. The summed E-state index contributed by atoms with van der Waals surface area (Å²) in [5.41, 5.74) is 5.20. The zero-order valence-electron chi connectivity index (χ0n) is 15.5. The lowest BCUT2D eigenvalue weighted by Crippen LogP contribution is -2.47. The second kappa shape index (κ2) is 7.66. The van der Waals surface area contributed by atoms with Gasteiger partial charge in [-0.2, -0.15) is 13.2 Å². The summed E-state index contributed by atoms with van der Waals surface area (Å²) in [5, 5.41) is 3.43. The summed E-state index contributed by atoms with van der Waals surface area (Å²) >= 11 is 0. The van der Waals surface area contributed by atoms with E-state index in [0.717, 1.165) is 17.5 Å². The molecular weight excluding hydrogens is 397 g/mol. The lowest BCUT2D eigenvalue weighted by molar-refractivity contribution is -0.137. The number of hydrogen-bond acceptors (Lipinski definition) is 3. The van der Waals surface area contributed by atoms with Gasteiger partial charge < -0.3 is 5.32 Å². The Morgan fingerprint density at radius 3 is 2.57 bits per heavy atom. The molecule has 1 aromatic heterocycles. The smallest absolute Gasteiger partial charge is 0.333 e. The minimum Gasteiger partial charge on any atom is -0.333 e. The van der Waals surface area contributed by atoms with Gasteiger partial charge in [-0.25, -0.2) is 10.2 Å². The molecule has 4 rings (SSSR count). The van der Waals surface area contributed by atoms with Crippen molar-refractivity contribution in [3.05, 3.63) is 77.5 Å². The molecule has 3 aromatic rings. The predicted octanol–water partition coefficient (Wildman–Crippen LogP) is 3.75. The maximum atomic E-state index is 12.8. The predicted molar refractivity (Wildman–Crippen MR) is 103 cm³/mol. The second-order valence-electron chi connectivity index (χ2n) is 7.01. The van der Waals surface area contributed by atoms with Gasteiger partial charge in [-0.1, -0.05) is 36.4 Å². The number of nitrogens with zero attached hydrogens (tertiary/aromatic N) is 1. The lowest BCUT2D eigenvalue weighted by Gasteiger charge is -2.11. The van der Waals surface area contributed by atoms with Crippen molar-refractivity contribution in [3.8, 4) is 0 Å². The average molecular weight is 414 g/mol. The highest BCUT2D eigenvalue weighted by Gasteiger charge is 2.41. The van der Waals surface area contributed by atoms with Gasteiger partial charge in [0.2, 0.25) is 0 Å². The summed E-state index contributed by atoms with van der Waals surface area (Å²) in [4.78, 5) is 28.6. The molecule has 0 unspecified atom stereocenters. The number of halogens is 3. The third kappa shape index (κ3) is 4.19. The lowest BCUT2D eigenvalue weighted by atomic mass is 10.1. The van der Waals surface area contributed by atoms with Gasteiger partial charge in [0.1, 0.15) is 0 Å². The average Bonchev–Trinajstić information content (AvgIpc) is 3.50. The standard InChI is InChI=1S/C21H17F3N4O2/c22-21(23,24)14-7-1-5-13(10-14)16-11-17(16)26-20(30)28-27-19(29)15-8-2-4-12-6-3-9-25-18(12)15/h1-10,16-17H,11H2,(H,27,29)(H2,26,28,30)/t16-,17+/m0/s1. The molecule has 3 amide bonds. The van der Waals surface area contributed by atoms with Crippen molar-refractivity contribution in [2.45, 2.75) is 24.6 Å². The normalized spacial score (nSPS) is 18.0. The van der Waals surface area contributed by atoms with E-state index in [4.69, 9.17) is 0 Å². The zero-order chi connectivity index (χ0) is 21.3. The molecule has 1 fully saturated rings. The molecule has 30 heavy (non-hydrogen) atoms. The summed E-state index contributed by atoms with van der Waals surface area (Å²) in [6, 6.07) is 12.8. The number of rotatable bonds is 3. The fourth-order valence-electron chi connectivity index (χ4n) is 3.34. The number of benzene rings is 2. The van der Waals surface area contributed by atoms with E-state index in [2.05, 4.69) is 21.2 Å². The van der Waals surface area contributed by atoms with Crippen LogP contribution in [0.2, 0.25) is 0 Å². The molecule has 1 saturated carbocycles. The molecule has 1 heterocycles. The number of alkyl halides is 3. The Balaban J connectivity index is 1.32. The number of hydrogen-bond donors (Lipinski definition) is 3. The molecule has 0 spiro atoms. The summed E-state index contributed by atoms with van der Waals surface area (Å²) in [7, 11) is 0. The minimum absolute atomic E-state index is 0.198. The fourth-order valence-corrected chi connectivity index (χ4v) is 3.34. The van der Waals surface area contributed by atoms with Crippen LogP contribution >= 0.6 is 0 Å². The van der Waals surface area contributed by atoms with Crippen LogP contribution in [-0.4, -0.2) is 23.0 Å². The Hall–Kier alpha value is -3.62. The molecule has 6 nitrogen and oxygen atoms in total. The maximum Gasteiger partial charge on any atom is 0.416 e. The van der Waals surface area contributed by atoms with Crippen molar-refractivity contribution in [2.75, 3.05) is 0 Å². The van der Waals surface area contributed by atoms with Crippen molar-refractivity contribution in [3.63, 3.8) is 0 Å². The number of carbonyl (C=O) groups excluding carboxylic acids is 2. The molecule has 0 aliphatic heterocycles. The number of urea groups is 1. The van der Waals surface area contributed by atoms with Gasteiger partial charge in [-0.05, 0) is 30.2 Å². The third-order valence-electron chi connectivity index (χ3n) is 4.92. The van der Waals surface area contributed by atoms with Gasteiger partial charge in [0, 0.05) is 23.5 Å². The number of amides is 3. The zero-order valence-corrected chi connectivity index (χ0v) is 15.5. The first-order valence-electron chi connectivity index (χ1n) is 9.20. The van der Waals surface area contributed by atoms with Crippen molar-refractivity contribution in [1.29, 1.82) is 0 Å². The van der Waals surface area contributed by atoms with Crippen LogP contribution in [0.5, 0.6) is 0 Å². The molecule has 1 aliphatic rings. The van der Waals surface area contributed by atoms with Crippen molar-refractivity contribution in [2.24, 2.45) is 0 Å². The number of aromatic nitrogens is 1. The molecule has 0 radical (unpaired) electrons. The molecule has 2 atom stereocenters. The monoisotopic (exact) mass is 414 g/mol. The number of fused-ring (bicyclic) bond motifs is 1. The van der Waals surface area contributed by atoms with Gasteiger partial charge in [0.25, 0.3) is 5.91 Å². The first-order chi connectivity index (χ1) is 14.3. The Labute approximate surface area is 169 Å². The third-order valence-corrected chi connectivity index (χ3v) is 4.92. The summed E-state index contributed by atoms with van der Waals surface area (Å²) in [6.07, 6.45) is -2.32. The highest BCUT2D eigenvalue weighted by atomic mass is 19.4. The molecule has 1 aliphatic carbocycles. The fraction of sp³-hybridized carbons (Fsp3) is 0.190. The van der Waals surface area contributed by atoms with E-state index in [0.29, 0.717) is 23.1 Å². The highest BCUT2D eigenvalue weighted by molar-refractivity contribution is 6.05. The van der Waals surface area contributed by atoms with E-state index in [9.17, 15) is 22.8 Å². The van der Waals surface area contributed by atoms with E-state index in [1.165, 1.54) is 6.07 Å². The molecule has 3 N–H and O–H groups in total. The largest absolute Gasteiger partial charge is 0.416 e. The van der Waals surface area contributed by atoms with Crippen LogP contribution in [0.4, 0.5) is 18.0 Å². The van der Waals surface area contributed by atoms with E-state index in [-0.39, 0.29) is 12.0 Å². The number of pyridine rings is 1. The van der Waals surface area contributed by atoms with Crippen molar-refractivity contribution >= 4 is 22.8 Å².